The van der Waals surface area contributed by atoms with Crippen molar-refractivity contribution >= 4 is 11.8 Å². The molecule has 1 heterocycles. The Morgan fingerprint density at radius 1 is 1.47 bits per heavy atom. The Morgan fingerprint density at radius 2 is 2.29 bits per heavy atom. The van der Waals surface area contributed by atoms with E-state index in [4.69, 9.17) is 10.5 Å². The number of nitrogens with two attached hydrogens (primary N) is 1. The topological polar surface area (TPSA) is 38.5 Å². The number of thioether (sulfide) groups is 1. The highest BCUT2D eigenvalue weighted by Gasteiger charge is 2.34. The van der Waals surface area contributed by atoms with Crippen molar-refractivity contribution in [2.75, 3.05) is 44.9 Å². The predicted molar refractivity (Wildman–Crippen MR) is 74.5 cm³/mol. The third-order valence-corrected chi connectivity index (χ3v) is 5.43. The molecule has 0 spiro atoms. The van der Waals surface area contributed by atoms with Crippen LogP contribution in [0.4, 0.5) is 0 Å². The number of nitrogens with zero attached hydrogens (tertiary/aromatic N) is 1. The lowest BCUT2D eigenvalue weighted by Gasteiger charge is -2.43. The maximum atomic E-state index is 6.01. The van der Waals surface area contributed by atoms with Gasteiger partial charge in [0.2, 0.25) is 0 Å². The Kier molecular flexibility index (Phi) is 5.15. The van der Waals surface area contributed by atoms with E-state index in [2.05, 4.69) is 11.9 Å². The summed E-state index contributed by atoms with van der Waals surface area (Å²) in [6, 6.07) is 0. The second-order valence-corrected chi connectivity index (χ2v) is 6.63. The number of ether oxygens (including phenoxy) is 1. The summed E-state index contributed by atoms with van der Waals surface area (Å²) in [5.41, 5.74) is 6.23. The third kappa shape index (κ3) is 3.85. The van der Waals surface area contributed by atoms with Crippen LogP contribution in [0.2, 0.25) is 0 Å². The Labute approximate surface area is 109 Å². The van der Waals surface area contributed by atoms with Crippen LogP contribution in [0.5, 0.6) is 0 Å². The van der Waals surface area contributed by atoms with Gasteiger partial charge in [-0.1, -0.05) is 0 Å². The summed E-state index contributed by atoms with van der Waals surface area (Å²) in [4.78, 5) is 2.44. The molecule has 0 bridgehead atoms. The van der Waals surface area contributed by atoms with Crippen LogP contribution in [0.3, 0.4) is 0 Å². The van der Waals surface area contributed by atoms with Gasteiger partial charge in [-0.05, 0) is 44.4 Å². The molecule has 2 rings (SSSR count). The van der Waals surface area contributed by atoms with Crippen molar-refractivity contribution in [2.45, 2.75) is 31.2 Å². The molecule has 1 aliphatic heterocycles. The van der Waals surface area contributed by atoms with Gasteiger partial charge in [0.15, 0.2) is 0 Å². The molecule has 1 saturated carbocycles. The smallest absolute Gasteiger partial charge is 0.0593 e. The molecule has 1 saturated heterocycles. The van der Waals surface area contributed by atoms with Gasteiger partial charge in [0.05, 0.1) is 6.61 Å². The van der Waals surface area contributed by atoms with Crippen molar-refractivity contribution in [1.29, 1.82) is 0 Å². The Morgan fingerprint density at radius 3 is 2.88 bits per heavy atom. The Balaban J connectivity index is 1.69. The molecule has 0 radical (unpaired) electrons. The van der Waals surface area contributed by atoms with Gasteiger partial charge in [0.25, 0.3) is 0 Å². The molecular weight excluding hydrogens is 232 g/mol. The summed E-state index contributed by atoms with van der Waals surface area (Å²) in [7, 11) is 2.21. The van der Waals surface area contributed by atoms with Gasteiger partial charge in [-0.2, -0.15) is 11.8 Å². The molecule has 0 aromatic carbocycles. The molecule has 17 heavy (non-hydrogen) atoms. The SMILES string of the molecule is CN(CCOCC1CC1)C1(CN)CCCSC1. The minimum absolute atomic E-state index is 0.228. The molecule has 0 aromatic heterocycles. The molecule has 4 heteroatoms. The lowest BCUT2D eigenvalue weighted by atomic mass is 9.93. The summed E-state index contributed by atoms with van der Waals surface area (Å²) < 4.78 is 5.72. The lowest BCUT2D eigenvalue weighted by Crippen LogP contribution is -2.56. The number of rotatable bonds is 7. The Bertz CT molecular complexity index is 227. The van der Waals surface area contributed by atoms with E-state index < -0.39 is 0 Å². The van der Waals surface area contributed by atoms with Crippen molar-refractivity contribution in [2.24, 2.45) is 11.7 Å². The summed E-state index contributed by atoms with van der Waals surface area (Å²) in [6.07, 6.45) is 5.29. The first-order valence-corrected chi connectivity index (χ1v) is 7.99. The van der Waals surface area contributed by atoms with E-state index in [9.17, 15) is 0 Å². The van der Waals surface area contributed by atoms with Gasteiger partial charge < -0.3 is 10.5 Å². The molecule has 3 nitrogen and oxygen atoms in total. The van der Waals surface area contributed by atoms with Gasteiger partial charge in [-0.25, -0.2) is 0 Å². The van der Waals surface area contributed by atoms with Gasteiger partial charge in [0, 0.05) is 31.0 Å². The molecule has 1 atom stereocenters. The molecule has 1 unspecified atom stereocenters. The fourth-order valence-electron chi connectivity index (χ4n) is 2.43. The summed E-state index contributed by atoms with van der Waals surface area (Å²) in [5.74, 6) is 3.35. The summed E-state index contributed by atoms with van der Waals surface area (Å²) >= 11 is 2.05. The first kappa shape index (κ1) is 13.7. The number of hydrogen-bond acceptors (Lipinski definition) is 4. The van der Waals surface area contributed by atoms with E-state index >= 15 is 0 Å². The normalized spacial score (nSPS) is 29.8. The van der Waals surface area contributed by atoms with Gasteiger partial charge in [-0.15, -0.1) is 0 Å². The van der Waals surface area contributed by atoms with Crippen LogP contribution in [-0.4, -0.2) is 55.3 Å². The highest BCUT2D eigenvalue weighted by molar-refractivity contribution is 7.99. The van der Waals surface area contributed by atoms with Gasteiger partial charge in [0.1, 0.15) is 0 Å². The average molecular weight is 258 g/mol. The quantitative estimate of drug-likeness (QED) is 0.704. The zero-order valence-electron chi connectivity index (χ0n) is 11.0. The van der Waals surface area contributed by atoms with E-state index in [-0.39, 0.29) is 5.54 Å². The average Bonchev–Trinajstić information content (AvgIpc) is 3.19. The first-order valence-electron chi connectivity index (χ1n) is 6.84. The molecular formula is C13H26N2OS. The molecule has 2 aliphatic rings. The van der Waals surface area contributed by atoms with E-state index in [0.29, 0.717) is 0 Å². The number of hydrogen-bond donors (Lipinski definition) is 1. The second-order valence-electron chi connectivity index (χ2n) is 5.52. The van der Waals surface area contributed by atoms with Crippen LogP contribution in [0.15, 0.2) is 0 Å². The van der Waals surface area contributed by atoms with Crippen molar-refractivity contribution in [3.63, 3.8) is 0 Å². The van der Waals surface area contributed by atoms with Gasteiger partial charge >= 0.3 is 0 Å². The number of likely N-dealkylation sites (N-methyl/N-ethyl adjacent to an activating group) is 1. The van der Waals surface area contributed by atoms with Crippen LogP contribution in [0.25, 0.3) is 0 Å². The molecule has 0 aromatic rings. The first-order chi connectivity index (χ1) is 8.27. The molecule has 2 N–H and O–H groups in total. The fraction of sp³-hybridized carbons (Fsp3) is 1.00. The second kappa shape index (κ2) is 6.41. The van der Waals surface area contributed by atoms with Crippen molar-refractivity contribution in [3.05, 3.63) is 0 Å². The van der Waals surface area contributed by atoms with E-state index in [0.717, 1.165) is 32.2 Å². The van der Waals surface area contributed by atoms with Crippen LogP contribution in [0.1, 0.15) is 25.7 Å². The maximum absolute atomic E-state index is 6.01. The largest absolute Gasteiger partial charge is 0.380 e. The van der Waals surface area contributed by atoms with E-state index in [1.807, 2.05) is 11.8 Å². The molecule has 2 fully saturated rings. The molecule has 100 valence electrons. The predicted octanol–water partition coefficient (Wildman–Crippen LogP) is 1.57. The fourth-order valence-corrected chi connectivity index (χ4v) is 3.78. The monoisotopic (exact) mass is 258 g/mol. The minimum atomic E-state index is 0.228. The zero-order valence-corrected chi connectivity index (χ0v) is 11.8. The maximum Gasteiger partial charge on any atom is 0.0593 e. The lowest BCUT2D eigenvalue weighted by molar-refractivity contribution is 0.0631. The highest BCUT2D eigenvalue weighted by atomic mass is 32.2. The van der Waals surface area contributed by atoms with Crippen LogP contribution >= 0.6 is 11.8 Å². The van der Waals surface area contributed by atoms with Crippen molar-refractivity contribution in [1.82, 2.24) is 4.90 Å². The summed E-state index contributed by atoms with van der Waals surface area (Å²) in [6.45, 7) is 3.63. The van der Waals surface area contributed by atoms with Crippen molar-refractivity contribution in [3.8, 4) is 0 Å². The standard InChI is InChI=1S/C13H26N2OS/c1-15(6-7-16-9-12-3-4-12)13(10-14)5-2-8-17-11-13/h12H,2-11,14H2,1H3. The van der Waals surface area contributed by atoms with Gasteiger partial charge in [-0.3, -0.25) is 4.90 Å². The third-order valence-electron chi connectivity index (χ3n) is 4.11. The minimum Gasteiger partial charge on any atom is -0.380 e. The van der Waals surface area contributed by atoms with Crippen LogP contribution in [-0.2, 0) is 4.74 Å². The zero-order chi connectivity index (χ0) is 12.1. The molecule has 1 aliphatic carbocycles. The van der Waals surface area contributed by atoms with E-state index in [1.54, 1.807) is 0 Å². The molecule has 0 amide bonds. The van der Waals surface area contributed by atoms with Crippen LogP contribution < -0.4 is 5.73 Å². The Hall–Kier alpha value is 0.230. The van der Waals surface area contributed by atoms with Crippen LogP contribution in [0, 0.1) is 5.92 Å². The highest BCUT2D eigenvalue weighted by Crippen LogP contribution is 2.31. The van der Waals surface area contributed by atoms with E-state index in [1.165, 1.54) is 37.2 Å². The summed E-state index contributed by atoms with van der Waals surface area (Å²) in [5, 5.41) is 0. The van der Waals surface area contributed by atoms with Crippen molar-refractivity contribution < 1.29 is 4.74 Å².